The summed E-state index contributed by atoms with van der Waals surface area (Å²) >= 11 is 0. The summed E-state index contributed by atoms with van der Waals surface area (Å²) in [6.07, 6.45) is 0.484. The topological polar surface area (TPSA) is 55.6 Å². The number of benzene rings is 1. The Kier molecular flexibility index (Phi) is 3.75. The standard InChI is InChI=1S/C18H14F3N5/c1-11-4-6-12(7-5-11)15-9-14(13-3-2-8-22-10-13)23-17-24-16(18(19,20)21)25-26(15)17/h2-10,15H,1H3,(H,23,24,25). The maximum Gasteiger partial charge on any atom is 0.453 e. The SMILES string of the molecule is Cc1ccc(C2C=C(c3cccnc3)Nc3nc(C(F)(F)F)nn32)cc1. The Morgan fingerprint density at radius 2 is 1.88 bits per heavy atom. The molecule has 8 heteroatoms. The van der Waals surface area contributed by atoms with E-state index in [1.54, 1.807) is 18.5 Å². The van der Waals surface area contributed by atoms with Gasteiger partial charge in [-0.3, -0.25) is 4.98 Å². The lowest BCUT2D eigenvalue weighted by molar-refractivity contribution is -0.145. The number of nitrogens with zero attached hydrogens (tertiary/aromatic N) is 4. The van der Waals surface area contributed by atoms with E-state index in [0.717, 1.165) is 16.7 Å². The van der Waals surface area contributed by atoms with E-state index in [-0.39, 0.29) is 5.95 Å². The smallest absolute Gasteiger partial charge is 0.324 e. The fourth-order valence-corrected chi connectivity index (χ4v) is 2.80. The molecule has 26 heavy (non-hydrogen) atoms. The number of aryl methyl sites for hydroxylation is 1. The molecule has 2 aromatic heterocycles. The highest BCUT2D eigenvalue weighted by atomic mass is 19.4. The fraction of sp³-hybridized carbons (Fsp3) is 0.167. The molecule has 0 spiro atoms. The number of rotatable bonds is 2. The third kappa shape index (κ3) is 2.94. The molecule has 0 radical (unpaired) electrons. The van der Waals surface area contributed by atoms with Gasteiger partial charge in [-0.25, -0.2) is 4.68 Å². The maximum absolute atomic E-state index is 13.1. The van der Waals surface area contributed by atoms with Crippen LogP contribution in [0.25, 0.3) is 5.70 Å². The zero-order chi connectivity index (χ0) is 18.3. The minimum absolute atomic E-state index is 0.0456. The Bertz CT molecular complexity index is 959. The van der Waals surface area contributed by atoms with Gasteiger partial charge in [0.25, 0.3) is 5.82 Å². The van der Waals surface area contributed by atoms with Gasteiger partial charge >= 0.3 is 6.18 Å². The van der Waals surface area contributed by atoms with Gasteiger partial charge in [0.1, 0.15) is 6.04 Å². The van der Waals surface area contributed by atoms with Crippen molar-refractivity contribution in [1.29, 1.82) is 0 Å². The predicted molar refractivity (Wildman–Crippen MR) is 90.2 cm³/mol. The number of hydrogen-bond donors (Lipinski definition) is 1. The number of nitrogens with one attached hydrogen (secondary N) is 1. The van der Waals surface area contributed by atoms with Crippen molar-refractivity contribution in [3.8, 4) is 0 Å². The summed E-state index contributed by atoms with van der Waals surface area (Å²) in [4.78, 5) is 7.71. The molecule has 0 saturated carbocycles. The monoisotopic (exact) mass is 357 g/mol. The van der Waals surface area contributed by atoms with Gasteiger partial charge in [-0.2, -0.15) is 18.2 Å². The van der Waals surface area contributed by atoms with Gasteiger partial charge in [-0.1, -0.05) is 29.8 Å². The maximum atomic E-state index is 13.1. The molecule has 4 rings (SSSR count). The lowest BCUT2D eigenvalue weighted by atomic mass is 10.0. The lowest BCUT2D eigenvalue weighted by Crippen LogP contribution is -2.20. The van der Waals surface area contributed by atoms with E-state index in [4.69, 9.17) is 0 Å². The minimum Gasteiger partial charge on any atom is -0.324 e. The van der Waals surface area contributed by atoms with Crippen LogP contribution in [0.3, 0.4) is 0 Å². The molecule has 0 amide bonds. The van der Waals surface area contributed by atoms with Crippen LogP contribution in [0, 0.1) is 6.92 Å². The van der Waals surface area contributed by atoms with Crippen molar-refractivity contribution in [2.45, 2.75) is 19.1 Å². The van der Waals surface area contributed by atoms with Crippen LogP contribution in [-0.2, 0) is 6.18 Å². The summed E-state index contributed by atoms with van der Waals surface area (Å²) in [6.45, 7) is 1.95. The van der Waals surface area contributed by atoms with Crippen molar-refractivity contribution in [3.63, 3.8) is 0 Å². The van der Waals surface area contributed by atoms with Crippen molar-refractivity contribution in [1.82, 2.24) is 19.7 Å². The van der Waals surface area contributed by atoms with E-state index >= 15 is 0 Å². The second kappa shape index (κ2) is 5.98. The Hall–Kier alpha value is -3.16. The van der Waals surface area contributed by atoms with Crippen molar-refractivity contribution < 1.29 is 13.2 Å². The van der Waals surface area contributed by atoms with Crippen molar-refractivity contribution in [3.05, 3.63) is 77.4 Å². The summed E-state index contributed by atoms with van der Waals surface area (Å²) in [5, 5.41) is 6.62. The van der Waals surface area contributed by atoms with Crippen molar-refractivity contribution >= 4 is 11.6 Å². The first-order valence-electron chi connectivity index (χ1n) is 7.91. The lowest BCUT2D eigenvalue weighted by Gasteiger charge is -2.24. The Morgan fingerprint density at radius 1 is 1.12 bits per heavy atom. The first kappa shape index (κ1) is 16.3. The fourth-order valence-electron chi connectivity index (χ4n) is 2.80. The van der Waals surface area contributed by atoms with Gasteiger partial charge in [0.15, 0.2) is 0 Å². The molecule has 1 aliphatic heterocycles. The second-order valence-corrected chi connectivity index (χ2v) is 6.00. The van der Waals surface area contributed by atoms with Crippen LogP contribution in [0.2, 0.25) is 0 Å². The minimum atomic E-state index is -4.61. The third-order valence-corrected chi connectivity index (χ3v) is 4.11. The van der Waals surface area contributed by atoms with E-state index in [1.165, 1.54) is 4.68 Å². The molecular formula is C18H14F3N5. The molecule has 3 heterocycles. The average Bonchev–Trinajstić information content (AvgIpc) is 3.07. The number of halogens is 3. The molecule has 132 valence electrons. The average molecular weight is 357 g/mol. The van der Waals surface area contributed by atoms with Gasteiger partial charge in [-0.15, -0.1) is 5.10 Å². The van der Waals surface area contributed by atoms with Crippen LogP contribution < -0.4 is 5.32 Å². The quantitative estimate of drug-likeness (QED) is 0.752. The van der Waals surface area contributed by atoms with E-state index in [0.29, 0.717) is 5.70 Å². The van der Waals surface area contributed by atoms with Gasteiger partial charge < -0.3 is 5.32 Å². The number of alkyl halides is 3. The number of allylic oxidation sites excluding steroid dienone is 1. The first-order chi connectivity index (χ1) is 12.4. The summed E-state index contributed by atoms with van der Waals surface area (Å²) in [6, 6.07) is 10.7. The van der Waals surface area contributed by atoms with Crippen molar-refractivity contribution in [2.75, 3.05) is 5.32 Å². The molecule has 0 aliphatic carbocycles. The van der Waals surface area contributed by atoms with E-state index in [2.05, 4.69) is 20.4 Å². The molecule has 1 N–H and O–H groups in total. The van der Waals surface area contributed by atoms with Gasteiger partial charge in [0, 0.05) is 23.7 Å². The predicted octanol–water partition coefficient (Wildman–Crippen LogP) is 4.06. The van der Waals surface area contributed by atoms with Gasteiger partial charge in [0.05, 0.1) is 0 Å². The van der Waals surface area contributed by atoms with Crippen LogP contribution in [-0.4, -0.2) is 19.7 Å². The molecule has 0 fully saturated rings. The molecule has 1 aromatic carbocycles. The third-order valence-electron chi connectivity index (χ3n) is 4.11. The molecule has 5 nitrogen and oxygen atoms in total. The first-order valence-corrected chi connectivity index (χ1v) is 7.91. The zero-order valence-corrected chi connectivity index (χ0v) is 13.7. The molecular weight excluding hydrogens is 343 g/mol. The molecule has 1 unspecified atom stereocenters. The summed E-state index contributed by atoms with van der Waals surface area (Å²) in [5.74, 6) is -1.12. The number of anilines is 1. The van der Waals surface area contributed by atoms with E-state index in [9.17, 15) is 13.2 Å². The van der Waals surface area contributed by atoms with Gasteiger partial charge in [0.2, 0.25) is 5.95 Å². The van der Waals surface area contributed by atoms with E-state index < -0.39 is 18.0 Å². The summed E-state index contributed by atoms with van der Waals surface area (Å²) < 4.78 is 40.5. The molecule has 1 atom stereocenters. The Labute approximate surface area is 147 Å². The largest absolute Gasteiger partial charge is 0.453 e. The van der Waals surface area contributed by atoms with Crippen LogP contribution in [0.5, 0.6) is 0 Å². The summed E-state index contributed by atoms with van der Waals surface area (Å²) in [7, 11) is 0. The molecule has 0 saturated heterocycles. The van der Waals surface area contributed by atoms with Crippen molar-refractivity contribution in [2.24, 2.45) is 0 Å². The highest BCUT2D eigenvalue weighted by Crippen LogP contribution is 2.35. The second-order valence-electron chi connectivity index (χ2n) is 6.00. The Morgan fingerprint density at radius 3 is 2.54 bits per heavy atom. The number of hydrogen-bond acceptors (Lipinski definition) is 4. The molecule has 1 aliphatic rings. The molecule has 3 aromatic rings. The van der Waals surface area contributed by atoms with Crippen LogP contribution in [0.4, 0.5) is 19.1 Å². The highest BCUT2D eigenvalue weighted by Gasteiger charge is 2.39. The number of pyridine rings is 1. The zero-order valence-electron chi connectivity index (χ0n) is 13.7. The van der Waals surface area contributed by atoms with Crippen LogP contribution in [0.1, 0.15) is 28.6 Å². The van der Waals surface area contributed by atoms with E-state index in [1.807, 2.05) is 43.3 Å². The summed E-state index contributed by atoms with van der Waals surface area (Å²) in [5.41, 5.74) is 3.28. The Balaban J connectivity index is 1.84. The number of aromatic nitrogens is 4. The normalized spacial score (nSPS) is 16.6. The van der Waals surface area contributed by atoms with Crippen LogP contribution >= 0.6 is 0 Å². The molecule has 0 bridgehead atoms. The number of fused-ring (bicyclic) bond motifs is 1. The van der Waals surface area contributed by atoms with Crippen LogP contribution in [0.15, 0.2) is 54.9 Å². The van der Waals surface area contributed by atoms with Gasteiger partial charge in [-0.05, 0) is 30.7 Å². The highest BCUT2D eigenvalue weighted by molar-refractivity contribution is 5.76.